The Kier molecular flexibility index (Phi) is 2.03. The van der Waals surface area contributed by atoms with Crippen LogP contribution in [0.25, 0.3) is 16.8 Å². The summed E-state index contributed by atoms with van der Waals surface area (Å²) in [6, 6.07) is 0. The van der Waals surface area contributed by atoms with Gasteiger partial charge in [0.2, 0.25) is 5.28 Å². The van der Waals surface area contributed by atoms with Crippen molar-refractivity contribution in [2.24, 2.45) is 0 Å². The fourth-order valence-corrected chi connectivity index (χ4v) is 1.99. The molecule has 0 fully saturated rings. The van der Waals surface area contributed by atoms with Crippen molar-refractivity contribution < 1.29 is 0 Å². The summed E-state index contributed by atoms with van der Waals surface area (Å²) >= 11 is 6.09. The molecule has 0 spiro atoms. The molecular formula is C9H9ClN6. The zero-order valence-corrected chi connectivity index (χ0v) is 9.36. The summed E-state index contributed by atoms with van der Waals surface area (Å²) in [6.07, 6.45) is 3.38. The molecule has 7 heteroatoms. The molecule has 3 aromatic rings. The summed E-state index contributed by atoms with van der Waals surface area (Å²) in [5, 5.41) is 8.58. The van der Waals surface area contributed by atoms with E-state index in [2.05, 4.69) is 32.1 Å². The molecule has 0 bridgehead atoms. The maximum Gasteiger partial charge on any atom is 0.212 e. The van der Waals surface area contributed by atoms with Crippen molar-refractivity contribution in [1.82, 2.24) is 29.5 Å². The maximum absolute atomic E-state index is 6.09. The Morgan fingerprint density at radius 3 is 3.12 bits per heavy atom. The van der Waals surface area contributed by atoms with Gasteiger partial charge in [-0.25, -0.2) is 4.98 Å². The fraction of sp³-hybridized carbons (Fsp3) is 0.333. The molecule has 0 aliphatic carbocycles. The minimum absolute atomic E-state index is 0.350. The first-order valence-corrected chi connectivity index (χ1v) is 5.41. The van der Waals surface area contributed by atoms with E-state index < -0.39 is 0 Å². The Labute approximate surface area is 95.7 Å². The predicted octanol–water partition coefficient (Wildman–Crippen LogP) is 1.61. The van der Waals surface area contributed by atoms with Crippen LogP contribution in [0.3, 0.4) is 0 Å². The van der Waals surface area contributed by atoms with Gasteiger partial charge in [-0.3, -0.25) is 4.40 Å². The molecule has 0 aromatic carbocycles. The minimum Gasteiger partial charge on any atom is -0.340 e. The summed E-state index contributed by atoms with van der Waals surface area (Å²) in [7, 11) is 0. The van der Waals surface area contributed by atoms with E-state index >= 15 is 0 Å². The van der Waals surface area contributed by atoms with Crippen LogP contribution >= 0.6 is 11.6 Å². The Hall–Kier alpha value is -1.69. The van der Waals surface area contributed by atoms with Crippen LogP contribution in [0, 0.1) is 0 Å². The lowest BCUT2D eigenvalue weighted by Gasteiger charge is -2.00. The molecular weight excluding hydrogens is 228 g/mol. The van der Waals surface area contributed by atoms with Crippen LogP contribution in [0.4, 0.5) is 0 Å². The van der Waals surface area contributed by atoms with Crippen molar-refractivity contribution in [2.75, 3.05) is 0 Å². The number of imidazole rings is 1. The van der Waals surface area contributed by atoms with Crippen molar-refractivity contribution in [3.8, 4) is 0 Å². The SMILES string of the molecule is CCCc1nnc2c3[nH]cnc3nc(Cl)n12. The predicted molar refractivity (Wildman–Crippen MR) is 59.4 cm³/mol. The lowest BCUT2D eigenvalue weighted by Crippen LogP contribution is -1.98. The van der Waals surface area contributed by atoms with Crippen molar-refractivity contribution in [1.29, 1.82) is 0 Å². The van der Waals surface area contributed by atoms with Crippen LogP contribution in [-0.4, -0.2) is 29.5 Å². The maximum atomic E-state index is 6.09. The summed E-state index contributed by atoms with van der Waals surface area (Å²) in [4.78, 5) is 11.2. The highest BCUT2D eigenvalue weighted by molar-refractivity contribution is 6.29. The first kappa shape index (κ1) is 9.53. The first-order valence-electron chi connectivity index (χ1n) is 5.04. The third-order valence-electron chi connectivity index (χ3n) is 2.43. The van der Waals surface area contributed by atoms with E-state index in [1.165, 1.54) is 0 Å². The molecule has 0 saturated heterocycles. The Bertz CT molecular complexity index is 654. The molecule has 3 heterocycles. The number of aryl methyl sites for hydroxylation is 1. The van der Waals surface area contributed by atoms with E-state index in [4.69, 9.17) is 11.6 Å². The first-order chi connectivity index (χ1) is 7.81. The Balaban J connectivity index is 2.42. The highest BCUT2D eigenvalue weighted by Crippen LogP contribution is 2.19. The average Bonchev–Trinajstić information content (AvgIpc) is 2.84. The molecule has 6 nitrogen and oxygen atoms in total. The van der Waals surface area contributed by atoms with E-state index in [0.717, 1.165) is 24.2 Å². The second kappa shape index (κ2) is 3.41. The average molecular weight is 237 g/mol. The molecule has 0 amide bonds. The van der Waals surface area contributed by atoms with E-state index in [1.54, 1.807) is 10.7 Å². The van der Waals surface area contributed by atoms with Gasteiger partial charge in [0.1, 0.15) is 11.3 Å². The lowest BCUT2D eigenvalue weighted by atomic mass is 10.3. The molecule has 3 aromatic heterocycles. The lowest BCUT2D eigenvalue weighted by molar-refractivity contribution is 0.813. The minimum atomic E-state index is 0.350. The summed E-state index contributed by atoms with van der Waals surface area (Å²) in [5.74, 6) is 0.825. The molecule has 0 aliphatic heterocycles. The van der Waals surface area contributed by atoms with Crippen molar-refractivity contribution in [2.45, 2.75) is 19.8 Å². The smallest absolute Gasteiger partial charge is 0.212 e. The monoisotopic (exact) mass is 236 g/mol. The van der Waals surface area contributed by atoms with Gasteiger partial charge in [0, 0.05) is 6.42 Å². The molecule has 82 valence electrons. The van der Waals surface area contributed by atoms with Crippen LogP contribution in [-0.2, 0) is 6.42 Å². The summed E-state index contributed by atoms with van der Waals surface area (Å²) in [6.45, 7) is 2.08. The second-order valence-electron chi connectivity index (χ2n) is 3.51. The quantitative estimate of drug-likeness (QED) is 0.686. The molecule has 0 unspecified atom stereocenters. The van der Waals surface area contributed by atoms with E-state index in [0.29, 0.717) is 16.6 Å². The van der Waals surface area contributed by atoms with Crippen LogP contribution < -0.4 is 0 Å². The van der Waals surface area contributed by atoms with Gasteiger partial charge in [0.05, 0.1) is 6.33 Å². The number of rotatable bonds is 2. The number of aromatic amines is 1. The number of H-pyrrole nitrogens is 1. The molecule has 0 saturated carbocycles. The topological polar surface area (TPSA) is 71.8 Å². The highest BCUT2D eigenvalue weighted by Gasteiger charge is 2.14. The fourth-order valence-electron chi connectivity index (χ4n) is 1.73. The van der Waals surface area contributed by atoms with Gasteiger partial charge in [-0.05, 0) is 18.0 Å². The van der Waals surface area contributed by atoms with E-state index in [1.807, 2.05) is 0 Å². The standard InChI is InChI=1S/C9H9ClN6/c1-2-3-5-14-15-8-6-7(12-4-11-6)13-9(10)16(5)8/h4H,2-3H2,1H3,(H,11,12). The number of halogens is 1. The highest BCUT2D eigenvalue weighted by atomic mass is 35.5. The molecule has 0 radical (unpaired) electrons. The summed E-state index contributed by atoms with van der Waals surface area (Å²) < 4.78 is 1.76. The van der Waals surface area contributed by atoms with Crippen LogP contribution in [0.2, 0.25) is 5.28 Å². The van der Waals surface area contributed by atoms with Crippen LogP contribution in [0.15, 0.2) is 6.33 Å². The molecule has 0 aliphatic rings. The van der Waals surface area contributed by atoms with Crippen molar-refractivity contribution in [3.63, 3.8) is 0 Å². The van der Waals surface area contributed by atoms with Gasteiger partial charge in [0.25, 0.3) is 0 Å². The van der Waals surface area contributed by atoms with E-state index in [-0.39, 0.29) is 0 Å². The second-order valence-corrected chi connectivity index (χ2v) is 3.85. The molecule has 3 rings (SSSR count). The number of aromatic nitrogens is 6. The van der Waals surface area contributed by atoms with Gasteiger partial charge in [-0.15, -0.1) is 10.2 Å². The van der Waals surface area contributed by atoms with Crippen LogP contribution in [0.5, 0.6) is 0 Å². The van der Waals surface area contributed by atoms with Gasteiger partial charge < -0.3 is 4.98 Å². The van der Waals surface area contributed by atoms with Crippen molar-refractivity contribution in [3.05, 3.63) is 17.4 Å². The third kappa shape index (κ3) is 1.19. The van der Waals surface area contributed by atoms with Gasteiger partial charge in [-0.2, -0.15) is 4.98 Å². The number of hydrogen-bond acceptors (Lipinski definition) is 4. The number of nitrogens with zero attached hydrogens (tertiary/aromatic N) is 5. The van der Waals surface area contributed by atoms with E-state index in [9.17, 15) is 0 Å². The normalized spacial score (nSPS) is 11.6. The zero-order chi connectivity index (χ0) is 11.1. The molecule has 16 heavy (non-hydrogen) atoms. The largest absolute Gasteiger partial charge is 0.340 e. The van der Waals surface area contributed by atoms with Gasteiger partial charge in [0.15, 0.2) is 11.3 Å². The molecule has 0 atom stereocenters. The zero-order valence-electron chi connectivity index (χ0n) is 8.61. The summed E-state index contributed by atoms with van der Waals surface area (Å²) in [5.41, 5.74) is 2.00. The molecule has 1 N–H and O–H groups in total. The number of hydrogen-bond donors (Lipinski definition) is 1. The number of nitrogens with one attached hydrogen (secondary N) is 1. The van der Waals surface area contributed by atoms with Crippen LogP contribution in [0.1, 0.15) is 19.2 Å². The Morgan fingerprint density at radius 2 is 2.31 bits per heavy atom. The number of fused-ring (bicyclic) bond motifs is 3. The Morgan fingerprint density at radius 1 is 1.44 bits per heavy atom. The third-order valence-corrected chi connectivity index (χ3v) is 2.68. The van der Waals surface area contributed by atoms with Gasteiger partial charge >= 0.3 is 0 Å². The van der Waals surface area contributed by atoms with Crippen molar-refractivity contribution >= 4 is 28.4 Å². The van der Waals surface area contributed by atoms with Gasteiger partial charge in [-0.1, -0.05) is 6.92 Å².